The molecule has 2 aromatic carbocycles. The van der Waals surface area contributed by atoms with Crippen LogP contribution in [0.3, 0.4) is 0 Å². The molecule has 1 aromatic heterocycles. The van der Waals surface area contributed by atoms with E-state index in [1.54, 1.807) is 11.8 Å². The van der Waals surface area contributed by atoms with Crippen molar-refractivity contribution in [2.45, 2.75) is 17.3 Å². The van der Waals surface area contributed by atoms with Gasteiger partial charge in [-0.05, 0) is 29.7 Å². The summed E-state index contributed by atoms with van der Waals surface area (Å²) in [6.07, 6.45) is 2.32. The molecule has 0 saturated carbocycles. The SMILES string of the molecule is O=C(NCCc1ccccc1)c1ccc(CSc2ncn[nH]2)cc1. The summed E-state index contributed by atoms with van der Waals surface area (Å²) >= 11 is 1.58. The Morgan fingerprint density at radius 1 is 1.04 bits per heavy atom. The topological polar surface area (TPSA) is 70.7 Å². The third-order valence-corrected chi connectivity index (χ3v) is 4.47. The number of benzene rings is 2. The van der Waals surface area contributed by atoms with Gasteiger partial charge in [0.15, 0.2) is 5.16 Å². The molecular weight excluding hydrogens is 320 g/mol. The number of H-pyrrole nitrogens is 1. The van der Waals surface area contributed by atoms with Gasteiger partial charge >= 0.3 is 0 Å². The first-order valence-corrected chi connectivity index (χ1v) is 8.69. The summed E-state index contributed by atoms with van der Waals surface area (Å²) in [5.41, 5.74) is 3.03. The summed E-state index contributed by atoms with van der Waals surface area (Å²) in [4.78, 5) is 16.2. The van der Waals surface area contributed by atoms with Gasteiger partial charge in [-0.25, -0.2) is 4.98 Å². The zero-order chi connectivity index (χ0) is 16.6. The van der Waals surface area contributed by atoms with E-state index < -0.39 is 0 Å². The fraction of sp³-hybridized carbons (Fsp3) is 0.167. The van der Waals surface area contributed by atoms with E-state index in [2.05, 4.69) is 32.6 Å². The van der Waals surface area contributed by atoms with Gasteiger partial charge in [-0.15, -0.1) is 0 Å². The molecule has 0 saturated heterocycles. The lowest BCUT2D eigenvalue weighted by Crippen LogP contribution is -2.25. The second-order valence-corrected chi connectivity index (χ2v) is 6.23. The highest BCUT2D eigenvalue weighted by Gasteiger charge is 2.05. The summed E-state index contributed by atoms with van der Waals surface area (Å²) in [7, 11) is 0. The van der Waals surface area contributed by atoms with Crippen LogP contribution in [0.1, 0.15) is 21.5 Å². The number of nitrogens with zero attached hydrogens (tertiary/aromatic N) is 2. The molecule has 5 nitrogen and oxygen atoms in total. The minimum atomic E-state index is -0.0413. The minimum absolute atomic E-state index is 0.0413. The van der Waals surface area contributed by atoms with Crippen LogP contribution in [0.5, 0.6) is 0 Å². The molecule has 0 aliphatic rings. The number of rotatable bonds is 7. The third-order valence-electron chi connectivity index (χ3n) is 3.53. The second kappa shape index (κ2) is 8.31. The maximum Gasteiger partial charge on any atom is 0.251 e. The van der Waals surface area contributed by atoms with Crippen molar-refractivity contribution < 1.29 is 4.79 Å². The van der Waals surface area contributed by atoms with Crippen molar-refractivity contribution in [2.24, 2.45) is 0 Å². The van der Waals surface area contributed by atoms with Crippen LogP contribution in [0.4, 0.5) is 0 Å². The number of hydrogen-bond donors (Lipinski definition) is 2. The van der Waals surface area contributed by atoms with Gasteiger partial charge in [-0.1, -0.05) is 54.2 Å². The Hall–Kier alpha value is -2.60. The van der Waals surface area contributed by atoms with E-state index in [0.717, 1.165) is 22.9 Å². The van der Waals surface area contributed by atoms with E-state index in [-0.39, 0.29) is 5.91 Å². The van der Waals surface area contributed by atoms with Crippen LogP contribution in [-0.4, -0.2) is 27.6 Å². The van der Waals surface area contributed by atoms with E-state index in [4.69, 9.17) is 0 Å². The Morgan fingerprint density at radius 2 is 1.83 bits per heavy atom. The summed E-state index contributed by atoms with van der Waals surface area (Å²) in [5, 5.41) is 10.4. The molecule has 0 spiro atoms. The van der Waals surface area contributed by atoms with E-state index in [1.165, 1.54) is 11.9 Å². The number of nitrogens with one attached hydrogen (secondary N) is 2. The molecule has 24 heavy (non-hydrogen) atoms. The molecule has 0 aliphatic heterocycles. The van der Waals surface area contributed by atoms with Gasteiger partial charge in [-0.2, -0.15) is 5.10 Å². The van der Waals surface area contributed by atoms with Crippen LogP contribution in [-0.2, 0) is 12.2 Å². The first kappa shape index (κ1) is 16.3. The van der Waals surface area contributed by atoms with Gasteiger partial charge in [0.25, 0.3) is 5.91 Å². The standard InChI is InChI=1S/C18H18N4OS/c23-17(19-11-10-14-4-2-1-3-5-14)16-8-6-15(7-9-16)12-24-18-20-13-21-22-18/h1-9,13H,10-12H2,(H,19,23)(H,20,21,22). The molecule has 1 heterocycles. The lowest BCUT2D eigenvalue weighted by Gasteiger charge is -2.06. The lowest BCUT2D eigenvalue weighted by molar-refractivity contribution is 0.0954. The van der Waals surface area contributed by atoms with Gasteiger partial charge in [-0.3, -0.25) is 9.89 Å². The van der Waals surface area contributed by atoms with E-state index >= 15 is 0 Å². The Labute approximate surface area is 144 Å². The molecule has 0 aliphatic carbocycles. The van der Waals surface area contributed by atoms with Crippen molar-refractivity contribution in [1.82, 2.24) is 20.5 Å². The molecule has 3 rings (SSSR count). The first-order chi connectivity index (χ1) is 11.8. The van der Waals surface area contributed by atoms with E-state index in [0.29, 0.717) is 12.1 Å². The number of carbonyl (C=O) groups excluding carboxylic acids is 1. The first-order valence-electron chi connectivity index (χ1n) is 7.70. The molecule has 0 fully saturated rings. The van der Waals surface area contributed by atoms with E-state index in [9.17, 15) is 4.79 Å². The number of thioether (sulfide) groups is 1. The monoisotopic (exact) mass is 338 g/mol. The van der Waals surface area contributed by atoms with Crippen molar-refractivity contribution in [1.29, 1.82) is 0 Å². The molecule has 0 radical (unpaired) electrons. The number of aromatic nitrogens is 3. The van der Waals surface area contributed by atoms with Crippen LogP contribution >= 0.6 is 11.8 Å². The fourth-order valence-corrected chi connectivity index (χ4v) is 2.97. The largest absolute Gasteiger partial charge is 0.352 e. The molecular formula is C18H18N4OS. The third kappa shape index (κ3) is 4.70. The van der Waals surface area contributed by atoms with Crippen LogP contribution in [0.25, 0.3) is 0 Å². The van der Waals surface area contributed by atoms with E-state index in [1.807, 2.05) is 42.5 Å². The summed E-state index contributed by atoms with van der Waals surface area (Å²) in [5.74, 6) is 0.742. The van der Waals surface area contributed by atoms with Gasteiger partial charge < -0.3 is 5.32 Å². The smallest absolute Gasteiger partial charge is 0.251 e. The zero-order valence-electron chi connectivity index (χ0n) is 13.1. The average Bonchev–Trinajstić information content (AvgIpc) is 3.15. The Morgan fingerprint density at radius 3 is 2.54 bits per heavy atom. The normalized spacial score (nSPS) is 10.5. The van der Waals surface area contributed by atoms with Crippen molar-refractivity contribution in [3.05, 3.63) is 77.6 Å². The maximum absolute atomic E-state index is 12.2. The molecule has 0 bridgehead atoms. The maximum atomic E-state index is 12.2. The van der Waals surface area contributed by atoms with Crippen LogP contribution in [0, 0.1) is 0 Å². The second-order valence-electron chi connectivity index (χ2n) is 5.27. The number of carbonyl (C=O) groups is 1. The van der Waals surface area contributed by atoms with Crippen molar-refractivity contribution in [3.63, 3.8) is 0 Å². The summed E-state index contributed by atoms with van der Waals surface area (Å²) in [6.45, 7) is 0.631. The van der Waals surface area contributed by atoms with Crippen molar-refractivity contribution in [3.8, 4) is 0 Å². The highest BCUT2D eigenvalue weighted by Crippen LogP contribution is 2.18. The Kier molecular flexibility index (Phi) is 5.63. The molecule has 122 valence electrons. The quantitative estimate of drug-likeness (QED) is 0.650. The Bertz CT molecular complexity index is 757. The minimum Gasteiger partial charge on any atom is -0.352 e. The predicted octanol–water partition coefficient (Wildman–Crippen LogP) is 3.07. The summed E-state index contributed by atoms with van der Waals surface area (Å²) < 4.78 is 0. The highest BCUT2D eigenvalue weighted by atomic mass is 32.2. The van der Waals surface area contributed by atoms with Crippen molar-refractivity contribution in [2.75, 3.05) is 6.54 Å². The molecule has 0 unspecified atom stereocenters. The van der Waals surface area contributed by atoms with Gasteiger partial charge in [0.05, 0.1) is 0 Å². The van der Waals surface area contributed by atoms with Crippen LogP contribution in [0.15, 0.2) is 66.1 Å². The van der Waals surface area contributed by atoms with Crippen LogP contribution in [0.2, 0.25) is 0 Å². The average molecular weight is 338 g/mol. The molecule has 3 aromatic rings. The Balaban J connectivity index is 1.46. The van der Waals surface area contributed by atoms with Crippen LogP contribution < -0.4 is 5.32 Å². The van der Waals surface area contributed by atoms with Gasteiger partial charge in [0, 0.05) is 17.9 Å². The number of aromatic amines is 1. The lowest BCUT2D eigenvalue weighted by atomic mass is 10.1. The number of amides is 1. The molecule has 6 heteroatoms. The van der Waals surface area contributed by atoms with Gasteiger partial charge in [0.1, 0.15) is 6.33 Å². The fourth-order valence-electron chi connectivity index (χ4n) is 2.23. The molecule has 0 atom stereocenters. The highest BCUT2D eigenvalue weighted by molar-refractivity contribution is 7.98. The zero-order valence-corrected chi connectivity index (χ0v) is 13.9. The van der Waals surface area contributed by atoms with Crippen molar-refractivity contribution >= 4 is 17.7 Å². The molecule has 2 N–H and O–H groups in total. The summed E-state index contributed by atoms with van der Waals surface area (Å²) in [6, 6.07) is 17.8. The predicted molar refractivity (Wildman–Crippen MR) is 94.9 cm³/mol. The van der Waals surface area contributed by atoms with Gasteiger partial charge in [0.2, 0.25) is 0 Å². The number of hydrogen-bond acceptors (Lipinski definition) is 4. The molecule has 1 amide bonds.